The Morgan fingerprint density at radius 3 is 1.94 bits per heavy atom. The van der Waals surface area contributed by atoms with Crippen molar-refractivity contribution in [2.45, 2.75) is 71.4 Å². The SMILES string of the molecule is CCO[Si](C)(C)CCCSC[Si](CC)(CC)CC. The molecule has 0 bridgehead atoms. The second kappa shape index (κ2) is 9.62. The minimum atomic E-state index is -1.33. The number of hydrogen-bond acceptors (Lipinski definition) is 2. The van der Waals surface area contributed by atoms with E-state index >= 15 is 0 Å². The lowest BCUT2D eigenvalue weighted by atomic mass is 10.6. The second-order valence-electron chi connectivity index (χ2n) is 5.91. The van der Waals surface area contributed by atoms with E-state index in [9.17, 15) is 0 Å². The van der Waals surface area contributed by atoms with Crippen LogP contribution in [0.2, 0.25) is 37.3 Å². The smallest absolute Gasteiger partial charge is 0.186 e. The topological polar surface area (TPSA) is 9.23 Å². The van der Waals surface area contributed by atoms with E-state index in [-0.39, 0.29) is 0 Å². The molecule has 0 amide bonds. The van der Waals surface area contributed by atoms with Gasteiger partial charge in [0.1, 0.15) is 0 Å². The highest BCUT2D eigenvalue weighted by Crippen LogP contribution is 2.26. The maximum absolute atomic E-state index is 5.88. The minimum absolute atomic E-state index is 0.885. The average Bonchev–Trinajstić information content (AvgIpc) is 2.34. The van der Waals surface area contributed by atoms with Crippen molar-refractivity contribution in [2.24, 2.45) is 0 Å². The van der Waals surface area contributed by atoms with E-state index in [2.05, 4.69) is 52.6 Å². The van der Waals surface area contributed by atoms with Gasteiger partial charge in [-0.25, -0.2) is 0 Å². The van der Waals surface area contributed by atoms with Gasteiger partial charge in [-0.3, -0.25) is 0 Å². The molecule has 1 nitrogen and oxygen atoms in total. The van der Waals surface area contributed by atoms with Gasteiger partial charge in [-0.05, 0) is 43.6 Å². The summed E-state index contributed by atoms with van der Waals surface area (Å²) in [6.45, 7) is 14.9. The fourth-order valence-corrected chi connectivity index (χ4v) is 11.2. The van der Waals surface area contributed by atoms with Crippen LogP contribution in [0.1, 0.15) is 34.1 Å². The van der Waals surface area contributed by atoms with Crippen LogP contribution in [0.25, 0.3) is 0 Å². The molecule has 0 atom stereocenters. The van der Waals surface area contributed by atoms with Crippen molar-refractivity contribution in [3.63, 3.8) is 0 Å². The lowest BCUT2D eigenvalue weighted by Crippen LogP contribution is -2.35. The molecule has 110 valence electrons. The summed E-state index contributed by atoms with van der Waals surface area (Å²) in [5, 5.41) is 1.48. The Hall–Kier alpha value is 0.744. The third-order valence-corrected chi connectivity index (χ3v) is 15.2. The van der Waals surface area contributed by atoms with Crippen molar-refractivity contribution in [3.8, 4) is 0 Å². The zero-order valence-electron chi connectivity index (χ0n) is 13.5. The van der Waals surface area contributed by atoms with Crippen molar-refractivity contribution < 1.29 is 4.43 Å². The highest BCUT2D eigenvalue weighted by molar-refractivity contribution is 8.00. The van der Waals surface area contributed by atoms with E-state index < -0.39 is 16.4 Å². The molecular formula is C14H34OSSi2. The summed E-state index contributed by atoms with van der Waals surface area (Å²) in [6.07, 6.45) is 1.35. The molecule has 0 aliphatic heterocycles. The Morgan fingerprint density at radius 2 is 1.50 bits per heavy atom. The van der Waals surface area contributed by atoms with Crippen LogP contribution in [0.15, 0.2) is 0 Å². The van der Waals surface area contributed by atoms with Crippen LogP contribution in [-0.4, -0.2) is 34.1 Å². The first-order chi connectivity index (χ1) is 8.45. The normalized spacial score (nSPS) is 13.0. The highest BCUT2D eigenvalue weighted by Gasteiger charge is 2.26. The Bertz CT molecular complexity index is 198. The third kappa shape index (κ3) is 7.36. The lowest BCUT2D eigenvalue weighted by Gasteiger charge is -2.28. The van der Waals surface area contributed by atoms with Gasteiger partial charge >= 0.3 is 0 Å². The molecule has 0 aromatic carbocycles. The zero-order chi connectivity index (χ0) is 14.1. The maximum Gasteiger partial charge on any atom is 0.186 e. The molecule has 0 saturated carbocycles. The Morgan fingerprint density at radius 1 is 0.944 bits per heavy atom. The van der Waals surface area contributed by atoms with Crippen LogP contribution < -0.4 is 0 Å². The van der Waals surface area contributed by atoms with Crippen LogP contribution in [0.3, 0.4) is 0 Å². The van der Waals surface area contributed by atoms with Crippen LogP contribution in [-0.2, 0) is 4.43 Å². The van der Waals surface area contributed by atoms with Crippen molar-refractivity contribution >= 4 is 28.2 Å². The molecule has 0 N–H and O–H groups in total. The Labute approximate surface area is 122 Å². The van der Waals surface area contributed by atoms with Gasteiger partial charge in [0.2, 0.25) is 0 Å². The molecule has 0 aromatic heterocycles. The van der Waals surface area contributed by atoms with Crippen molar-refractivity contribution in [1.29, 1.82) is 0 Å². The molecule has 4 heteroatoms. The number of thioether (sulfide) groups is 1. The standard InChI is InChI=1S/C14H34OSSi2/c1-7-15-17(5,6)13-11-12-16-14-18(8-2,9-3)10-4/h7-14H2,1-6H3. The molecule has 0 aliphatic carbocycles. The fourth-order valence-electron chi connectivity index (χ4n) is 2.41. The first kappa shape index (κ1) is 18.7. The number of hydrogen-bond donors (Lipinski definition) is 0. The van der Waals surface area contributed by atoms with E-state index in [0.717, 1.165) is 6.61 Å². The molecule has 0 rings (SSSR count). The van der Waals surface area contributed by atoms with E-state index in [1.165, 1.54) is 41.7 Å². The average molecular weight is 307 g/mol. The van der Waals surface area contributed by atoms with Crippen LogP contribution in [0, 0.1) is 0 Å². The molecule has 18 heavy (non-hydrogen) atoms. The summed E-state index contributed by atoms with van der Waals surface area (Å²) in [5.41, 5.74) is 0. The summed E-state index contributed by atoms with van der Waals surface area (Å²) in [7, 11) is -2.21. The summed E-state index contributed by atoms with van der Waals surface area (Å²) < 4.78 is 5.88. The van der Waals surface area contributed by atoms with Crippen molar-refractivity contribution in [2.75, 3.05) is 17.7 Å². The lowest BCUT2D eigenvalue weighted by molar-refractivity contribution is 0.328. The Kier molecular flexibility index (Phi) is 10.0. The van der Waals surface area contributed by atoms with Gasteiger partial charge in [-0.1, -0.05) is 38.9 Å². The summed E-state index contributed by atoms with van der Waals surface area (Å²) in [6, 6.07) is 5.72. The molecule has 0 aromatic rings. The predicted octanol–water partition coefficient (Wildman–Crippen LogP) is 5.40. The van der Waals surface area contributed by atoms with Crippen molar-refractivity contribution in [1.82, 2.24) is 0 Å². The quantitative estimate of drug-likeness (QED) is 0.373. The van der Waals surface area contributed by atoms with Crippen molar-refractivity contribution in [3.05, 3.63) is 0 Å². The minimum Gasteiger partial charge on any atom is -0.418 e. The molecule has 0 unspecified atom stereocenters. The molecule has 0 saturated heterocycles. The highest BCUT2D eigenvalue weighted by atomic mass is 32.2. The zero-order valence-corrected chi connectivity index (χ0v) is 16.3. The van der Waals surface area contributed by atoms with Gasteiger partial charge < -0.3 is 4.43 Å². The predicted molar refractivity (Wildman–Crippen MR) is 93.1 cm³/mol. The van der Waals surface area contributed by atoms with Crippen LogP contribution >= 0.6 is 11.8 Å². The first-order valence-electron chi connectivity index (χ1n) is 7.67. The van der Waals surface area contributed by atoms with Gasteiger partial charge in [0.25, 0.3) is 0 Å². The maximum atomic E-state index is 5.88. The molecule has 0 radical (unpaired) electrons. The van der Waals surface area contributed by atoms with E-state index in [1.54, 1.807) is 0 Å². The summed E-state index contributed by atoms with van der Waals surface area (Å²) >= 11 is 2.22. The number of rotatable bonds is 11. The van der Waals surface area contributed by atoms with Gasteiger partial charge in [-0.15, -0.1) is 0 Å². The van der Waals surface area contributed by atoms with Gasteiger partial charge in [0.05, 0.1) is 8.07 Å². The first-order valence-corrected chi connectivity index (χ1v) is 14.8. The largest absolute Gasteiger partial charge is 0.418 e. The molecular weight excluding hydrogens is 272 g/mol. The van der Waals surface area contributed by atoms with E-state index in [4.69, 9.17) is 4.43 Å². The molecule has 0 aliphatic rings. The Balaban J connectivity index is 3.79. The fraction of sp³-hybridized carbons (Fsp3) is 1.00. The van der Waals surface area contributed by atoms with E-state index in [1.807, 2.05) is 0 Å². The molecule has 0 heterocycles. The molecule has 0 fully saturated rings. The summed E-state index contributed by atoms with van der Waals surface area (Å²) in [4.78, 5) is 0. The third-order valence-electron chi connectivity index (χ3n) is 4.26. The molecule has 0 spiro atoms. The monoisotopic (exact) mass is 306 g/mol. The second-order valence-corrected chi connectivity index (χ2v) is 17.3. The van der Waals surface area contributed by atoms with Gasteiger partial charge in [0.15, 0.2) is 8.32 Å². The summed E-state index contributed by atoms with van der Waals surface area (Å²) in [5.74, 6) is 1.35. The van der Waals surface area contributed by atoms with E-state index in [0.29, 0.717) is 0 Å². The van der Waals surface area contributed by atoms with Gasteiger partial charge in [-0.2, -0.15) is 11.8 Å². The van der Waals surface area contributed by atoms with Gasteiger partial charge in [0, 0.05) is 6.61 Å². The van der Waals surface area contributed by atoms with Crippen LogP contribution in [0.4, 0.5) is 0 Å². The van der Waals surface area contributed by atoms with Crippen LogP contribution in [0.5, 0.6) is 0 Å².